The van der Waals surface area contributed by atoms with Crippen LogP contribution in [0.15, 0.2) is 36.4 Å². The monoisotopic (exact) mass is 436 g/mol. The second kappa shape index (κ2) is 9.51. The standard InChI is InChI=1S/C25H28N2O5/c1-16-7-2-3-12-20(16)26-21(28)15-32-22(29)13-6-14-27-24(30)18-10-4-8-17-9-5-11-19(23(17)18)25(27)31/h4-5,8-11,16,20H,2-3,6-7,12-15H2,1H3,(H,26,28). The molecule has 32 heavy (non-hydrogen) atoms. The van der Waals surface area contributed by atoms with Crippen LogP contribution >= 0.6 is 0 Å². The summed E-state index contributed by atoms with van der Waals surface area (Å²) in [6.45, 7) is 1.93. The minimum absolute atomic E-state index is 0.0238. The van der Waals surface area contributed by atoms with Crippen molar-refractivity contribution in [2.45, 2.75) is 51.5 Å². The van der Waals surface area contributed by atoms with Gasteiger partial charge in [0, 0.05) is 35.5 Å². The van der Waals surface area contributed by atoms with Crippen molar-refractivity contribution in [3.63, 3.8) is 0 Å². The lowest BCUT2D eigenvalue weighted by Gasteiger charge is -2.29. The van der Waals surface area contributed by atoms with Gasteiger partial charge in [-0.1, -0.05) is 44.0 Å². The van der Waals surface area contributed by atoms with E-state index < -0.39 is 5.97 Å². The van der Waals surface area contributed by atoms with Crippen LogP contribution in [-0.2, 0) is 14.3 Å². The zero-order valence-corrected chi connectivity index (χ0v) is 18.3. The number of hydrogen-bond donors (Lipinski definition) is 1. The summed E-state index contributed by atoms with van der Waals surface area (Å²) >= 11 is 0. The Balaban J connectivity index is 1.26. The van der Waals surface area contributed by atoms with Gasteiger partial charge in [-0.3, -0.25) is 24.1 Å². The van der Waals surface area contributed by atoms with E-state index in [1.54, 1.807) is 24.3 Å². The average Bonchev–Trinajstić information content (AvgIpc) is 2.79. The molecule has 1 N–H and O–H groups in total. The summed E-state index contributed by atoms with van der Waals surface area (Å²) in [5.41, 5.74) is 0.989. The van der Waals surface area contributed by atoms with Crippen LogP contribution in [-0.4, -0.2) is 47.8 Å². The second-order valence-electron chi connectivity index (χ2n) is 8.67. The minimum Gasteiger partial charge on any atom is -0.456 e. The molecule has 3 amide bonds. The fourth-order valence-corrected chi connectivity index (χ4v) is 4.66. The van der Waals surface area contributed by atoms with Gasteiger partial charge >= 0.3 is 5.97 Å². The highest BCUT2D eigenvalue weighted by Crippen LogP contribution is 2.30. The van der Waals surface area contributed by atoms with Gasteiger partial charge in [-0.2, -0.15) is 0 Å². The first-order chi connectivity index (χ1) is 15.5. The molecule has 0 aromatic heterocycles. The van der Waals surface area contributed by atoms with Gasteiger partial charge in [-0.25, -0.2) is 0 Å². The lowest BCUT2D eigenvalue weighted by atomic mass is 9.86. The van der Waals surface area contributed by atoms with Crippen molar-refractivity contribution < 1.29 is 23.9 Å². The van der Waals surface area contributed by atoms with Gasteiger partial charge < -0.3 is 10.1 Å². The molecule has 2 atom stereocenters. The van der Waals surface area contributed by atoms with Crippen molar-refractivity contribution in [1.82, 2.24) is 10.2 Å². The van der Waals surface area contributed by atoms with Crippen LogP contribution in [0.2, 0.25) is 0 Å². The van der Waals surface area contributed by atoms with Crippen molar-refractivity contribution in [3.05, 3.63) is 47.5 Å². The van der Waals surface area contributed by atoms with Crippen LogP contribution in [0.25, 0.3) is 10.8 Å². The Bertz CT molecular complexity index is 1010. The number of imide groups is 1. The molecule has 168 valence electrons. The summed E-state index contributed by atoms with van der Waals surface area (Å²) in [5, 5.41) is 4.48. The molecule has 2 aromatic carbocycles. The molecule has 0 radical (unpaired) electrons. The van der Waals surface area contributed by atoms with Gasteiger partial charge in [-0.05, 0) is 42.7 Å². The van der Waals surface area contributed by atoms with E-state index in [1.165, 1.54) is 11.3 Å². The van der Waals surface area contributed by atoms with E-state index >= 15 is 0 Å². The largest absolute Gasteiger partial charge is 0.456 e. The normalized spacial score (nSPS) is 20.3. The lowest BCUT2D eigenvalue weighted by molar-refractivity contribution is -0.149. The number of amides is 3. The Hall–Kier alpha value is -3.22. The highest BCUT2D eigenvalue weighted by atomic mass is 16.5. The number of hydrogen-bond acceptors (Lipinski definition) is 5. The van der Waals surface area contributed by atoms with Crippen molar-refractivity contribution in [2.75, 3.05) is 13.2 Å². The van der Waals surface area contributed by atoms with Crippen molar-refractivity contribution in [3.8, 4) is 0 Å². The van der Waals surface area contributed by atoms with E-state index in [0.29, 0.717) is 22.4 Å². The molecule has 2 aliphatic rings. The van der Waals surface area contributed by atoms with Gasteiger partial charge in [0.05, 0.1) is 0 Å². The molecular formula is C25H28N2O5. The number of esters is 1. The van der Waals surface area contributed by atoms with E-state index in [0.717, 1.165) is 24.6 Å². The van der Waals surface area contributed by atoms with Crippen molar-refractivity contribution in [2.24, 2.45) is 5.92 Å². The number of benzene rings is 2. The second-order valence-corrected chi connectivity index (χ2v) is 8.67. The predicted molar refractivity (Wildman–Crippen MR) is 119 cm³/mol. The van der Waals surface area contributed by atoms with Crippen LogP contribution in [0.1, 0.15) is 66.2 Å². The highest BCUT2D eigenvalue weighted by molar-refractivity contribution is 6.25. The minimum atomic E-state index is -0.517. The Morgan fingerprint density at radius 1 is 1.03 bits per heavy atom. The molecular weight excluding hydrogens is 408 g/mol. The Morgan fingerprint density at radius 3 is 2.34 bits per heavy atom. The van der Waals surface area contributed by atoms with Crippen molar-refractivity contribution >= 4 is 34.5 Å². The summed E-state index contributed by atoms with van der Waals surface area (Å²) in [6.07, 6.45) is 4.63. The summed E-state index contributed by atoms with van der Waals surface area (Å²) in [6, 6.07) is 10.9. The summed E-state index contributed by atoms with van der Waals surface area (Å²) < 4.78 is 5.09. The van der Waals surface area contributed by atoms with Gasteiger partial charge in [0.1, 0.15) is 0 Å². The molecule has 0 spiro atoms. The molecule has 7 nitrogen and oxygen atoms in total. The molecule has 1 fully saturated rings. The van der Waals surface area contributed by atoms with Gasteiger partial charge in [0.2, 0.25) is 0 Å². The van der Waals surface area contributed by atoms with Crippen LogP contribution in [0.3, 0.4) is 0 Å². The fraction of sp³-hybridized carbons (Fsp3) is 0.440. The molecule has 0 saturated heterocycles. The molecule has 4 rings (SSSR count). The molecule has 1 saturated carbocycles. The van der Waals surface area contributed by atoms with Gasteiger partial charge in [0.15, 0.2) is 6.61 Å². The Kier molecular flexibility index (Phi) is 6.53. The average molecular weight is 437 g/mol. The SMILES string of the molecule is CC1CCCCC1NC(=O)COC(=O)CCCN1C(=O)c2cccc3cccc(c23)C1=O. The van der Waals surface area contributed by atoms with Gasteiger partial charge in [0.25, 0.3) is 17.7 Å². The number of carbonyl (C=O) groups excluding carboxylic acids is 4. The zero-order chi connectivity index (χ0) is 22.7. The predicted octanol–water partition coefficient (Wildman–Crippen LogP) is 3.45. The van der Waals surface area contributed by atoms with Crippen LogP contribution in [0.5, 0.6) is 0 Å². The maximum absolute atomic E-state index is 12.9. The maximum Gasteiger partial charge on any atom is 0.306 e. The first kappa shape index (κ1) is 22.0. The van der Waals surface area contributed by atoms with E-state index in [4.69, 9.17) is 4.74 Å². The third-order valence-electron chi connectivity index (χ3n) is 6.44. The number of ether oxygens (including phenoxy) is 1. The molecule has 1 heterocycles. The molecule has 2 unspecified atom stereocenters. The highest BCUT2D eigenvalue weighted by Gasteiger charge is 2.32. The van der Waals surface area contributed by atoms with E-state index in [9.17, 15) is 19.2 Å². The van der Waals surface area contributed by atoms with Crippen LogP contribution in [0, 0.1) is 5.92 Å². The lowest BCUT2D eigenvalue weighted by Crippen LogP contribution is -2.43. The van der Waals surface area contributed by atoms with Crippen molar-refractivity contribution in [1.29, 1.82) is 0 Å². The first-order valence-corrected chi connectivity index (χ1v) is 11.3. The summed E-state index contributed by atoms with van der Waals surface area (Å²) in [7, 11) is 0. The molecule has 1 aliphatic carbocycles. The molecule has 2 aromatic rings. The number of carbonyl (C=O) groups is 4. The topological polar surface area (TPSA) is 92.8 Å². The van der Waals surface area contributed by atoms with Crippen LogP contribution < -0.4 is 5.32 Å². The number of nitrogens with zero attached hydrogens (tertiary/aromatic N) is 1. The third-order valence-corrected chi connectivity index (χ3v) is 6.44. The quantitative estimate of drug-likeness (QED) is 0.530. The van der Waals surface area contributed by atoms with E-state index in [1.807, 2.05) is 12.1 Å². The summed E-state index contributed by atoms with van der Waals surface area (Å²) in [5.74, 6) is -1.08. The Labute approximate surface area is 187 Å². The molecule has 0 bridgehead atoms. The van der Waals surface area contributed by atoms with Crippen LogP contribution in [0.4, 0.5) is 0 Å². The summed E-state index contributed by atoms with van der Waals surface area (Å²) in [4.78, 5) is 51.1. The zero-order valence-electron chi connectivity index (χ0n) is 18.3. The van der Waals surface area contributed by atoms with E-state index in [2.05, 4.69) is 12.2 Å². The first-order valence-electron chi connectivity index (χ1n) is 11.3. The van der Waals surface area contributed by atoms with E-state index in [-0.39, 0.29) is 49.8 Å². The number of nitrogens with one attached hydrogen (secondary N) is 1. The Morgan fingerprint density at radius 2 is 1.69 bits per heavy atom. The fourth-order valence-electron chi connectivity index (χ4n) is 4.66. The van der Waals surface area contributed by atoms with Gasteiger partial charge in [-0.15, -0.1) is 0 Å². The number of rotatable bonds is 7. The smallest absolute Gasteiger partial charge is 0.306 e. The molecule has 1 aliphatic heterocycles. The molecule has 7 heteroatoms. The maximum atomic E-state index is 12.9. The third kappa shape index (κ3) is 4.52.